The van der Waals surface area contributed by atoms with Crippen LogP contribution in [0.1, 0.15) is 0 Å². The van der Waals surface area contributed by atoms with Crippen LogP contribution in [-0.4, -0.2) is 18.0 Å². The topological polar surface area (TPSA) is 127 Å². The molecule has 9 nitrogen and oxygen atoms in total. The van der Waals surface area contributed by atoms with Gasteiger partial charge in [0.05, 0.1) is 10.6 Å². The lowest BCUT2D eigenvalue weighted by Gasteiger charge is -2.09. The van der Waals surface area contributed by atoms with Gasteiger partial charge in [0, 0.05) is 6.20 Å². The van der Waals surface area contributed by atoms with Gasteiger partial charge in [0.25, 0.3) is 10.0 Å². The van der Waals surface area contributed by atoms with E-state index in [4.69, 9.17) is 4.42 Å². The quantitative estimate of drug-likeness (QED) is 0.523. The highest BCUT2D eigenvalue weighted by Crippen LogP contribution is 2.18. The zero-order chi connectivity index (χ0) is 20.9. The molecule has 150 valence electrons. The number of hydrogen-bond donors (Lipinski definition) is 2. The van der Waals surface area contributed by atoms with Crippen molar-refractivity contribution in [3.05, 3.63) is 100 Å². The fraction of sp³-hybridized carbons (Fsp3) is 0. The molecule has 4 aromatic rings. The molecule has 2 aromatic heterocycles. The molecule has 0 saturated heterocycles. The van der Waals surface area contributed by atoms with Gasteiger partial charge in [-0.1, -0.05) is 18.2 Å². The van der Waals surface area contributed by atoms with Crippen molar-refractivity contribution in [1.29, 1.82) is 0 Å². The molecule has 0 aliphatic rings. The molecule has 11 heteroatoms. The number of hydrogen-bond acceptors (Lipinski definition) is 6. The number of aromatic amines is 1. The highest BCUT2D eigenvalue weighted by atomic mass is 32.2. The van der Waals surface area contributed by atoms with Gasteiger partial charge < -0.3 is 8.83 Å². The molecule has 4 rings (SSSR count). The Morgan fingerprint density at radius 1 is 0.966 bits per heavy atom. The normalized spacial score (nSPS) is 10.8. The van der Waals surface area contributed by atoms with Crippen molar-refractivity contribution in [2.24, 2.45) is 0 Å². The summed E-state index contributed by atoms with van der Waals surface area (Å²) >= 11 is 0. The molecule has 2 N–H and O–H groups in total. The van der Waals surface area contributed by atoms with E-state index in [9.17, 15) is 22.4 Å². The Morgan fingerprint density at radius 3 is 2.21 bits per heavy atom. The smallest absolute Gasteiger partial charge is 0.417 e. The molecule has 0 aliphatic heterocycles. The van der Waals surface area contributed by atoms with Gasteiger partial charge in [-0.15, -0.1) is 0 Å². The Morgan fingerprint density at radius 2 is 1.66 bits per heavy atom. The van der Waals surface area contributed by atoms with Gasteiger partial charge in [-0.25, -0.2) is 27.0 Å². The van der Waals surface area contributed by atoms with Crippen molar-refractivity contribution in [2.45, 2.75) is 4.90 Å². The van der Waals surface area contributed by atoms with Crippen LogP contribution in [0.2, 0.25) is 0 Å². The number of sulfonamides is 1. The van der Waals surface area contributed by atoms with Crippen LogP contribution in [-0.2, 0) is 10.0 Å². The number of halogens is 1. The fourth-order valence-corrected chi connectivity index (χ4v) is 3.29. The molecule has 0 radical (unpaired) electrons. The number of rotatable bonds is 4. The molecule has 0 aliphatic carbocycles. The third-order valence-electron chi connectivity index (χ3n) is 3.52. The van der Waals surface area contributed by atoms with Crippen molar-refractivity contribution in [2.75, 3.05) is 4.72 Å². The predicted molar refractivity (Wildman–Crippen MR) is 101 cm³/mol. The SMILES string of the molecule is O=c1[nH]cco1.O=c1occ(NS(=O)(=O)c2ccccc2)n1-c1ccc(F)cc1. The number of benzene rings is 2. The van der Waals surface area contributed by atoms with Crippen LogP contribution >= 0.6 is 0 Å². The Kier molecular flexibility index (Phi) is 5.79. The first-order chi connectivity index (χ1) is 13.9. The average molecular weight is 419 g/mol. The summed E-state index contributed by atoms with van der Waals surface area (Å²) in [6.07, 6.45) is 3.72. The third kappa shape index (κ3) is 4.90. The molecule has 2 heterocycles. The van der Waals surface area contributed by atoms with Gasteiger partial charge in [-0.05, 0) is 36.4 Å². The molecule has 0 atom stereocenters. The Hall–Kier alpha value is -3.86. The van der Waals surface area contributed by atoms with Crippen molar-refractivity contribution < 1.29 is 21.6 Å². The van der Waals surface area contributed by atoms with E-state index in [-0.39, 0.29) is 16.4 Å². The molecule has 2 aromatic carbocycles. The fourth-order valence-electron chi connectivity index (χ4n) is 2.24. The Labute approximate surface area is 163 Å². The second kappa shape index (κ2) is 8.44. The summed E-state index contributed by atoms with van der Waals surface area (Å²) in [5, 5.41) is 0. The van der Waals surface area contributed by atoms with Gasteiger partial charge in [0.2, 0.25) is 0 Å². The van der Waals surface area contributed by atoms with Crippen molar-refractivity contribution in [3.63, 3.8) is 0 Å². The molecule has 0 amide bonds. The first-order valence-electron chi connectivity index (χ1n) is 8.03. The first kappa shape index (κ1) is 19.9. The second-order valence-corrected chi connectivity index (χ2v) is 7.15. The zero-order valence-corrected chi connectivity index (χ0v) is 15.4. The van der Waals surface area contributed by atoms with E-state index in [0.29, 0.717) is 0 Å². The summed E-state index contributed by atoms with van der Waals surface area (Å²) in [5.74, 6) is -1.75. The van der Waals surface area contributed by atoms with E-state index < -0.39 is 27.4 Å². The number of oxazole rings is 2. The summed E-state index contributed by atoms with van der Waals surface area (Å²) in [6, 6.07) is 12.7. The first-order valence-corrected chi connectivity index (χ1v) is 9.52. The summed E-state index contributed by atoms with van der Waals surface area (Å²) in [6.45, 7) is 0. The number of H-pyrrole nitrogens is 1. The predicted octanol–water partition coefficient (Wildman–Crippen LogP) is 2.34. The standard InChI is InChI=1S/C15H11FN2O4S.C3H3NO2/c16-11-6-8-12(9-7-11)18-14(10-22-15(18)19)17-23(20,21)13-4-2-1-3-5-13;5-3-4-1-2-6-3/h1-10,17H;1-2H,(H,4,5). The maximum atomic E-state index is 13.0. The maximum absolute atomic E-state index is 13.0. The maximum Gasteiger partial charge on any atom is 0.425 e. The molecule has 0 saturated carbocycles. The number of anilines is 1. The monoisotopic (exact) mass is 419 g/mol. The van der Waals surface area contributed by atoms with Gasteiger partial charge in [0.15, 0.2) is 5.82 Å². The van der Waals surface area contributed by atoms with E-state index >= 15 is 0 Å². The van der Waals surface area contributed by atoms with E-state index in [2.05, 4.69) is 14.1 Å². The Bertz CT molecular complexity index is 1270. The second-order valence-electron chi connectivity index (χ2n) is 5.47. The van der Waals surface area contributed by atoms with E-state index in [1.54, 1.807) is 18.2 Å². The molecule has 0 fully saturated rings. The average Bonchev–Trinajstić information content (AvgIpc) is 3.32. The van der Waals surface area contributed by atoms with Crippen molar-refractivity contribution >= 4 is 15.8 Å². The Balaban J connectivity index is 0.000000343. The van der Waals surface area contributed by atoms with Crippen LogP contribution in [0.15, 0.2) is 96.6 Å². The summed E-state index contributed by atoms with van der Waals surface area (Å²) < 4.78 is 49.9. The van der Waals surface area contributed by atoms with E-state index in [1.165, 1.54) is 36.7 Å². The van der Waals surface area contributed by atoms with E-state index in [0.717, 1.165) is 23.0 Å². The lowest BCUT2D eigenvalue weighted by Crippen LogP contribution is -2.19. The van der Waals surface area contributed by atoms with Gasteiger partial charge >= 0.3 is 11.5 Å². The van der Waals surface area contributed by atoms with Crippen LogP contribution in [0.5, 0.6) is 0 Å². The number of nitrogens with zero attached hydrogens (tertiary/aromatic N) is 1. The largest absolute Gasteiger partial charge is 0.425 e. The minimum Gasteiger partial charge on any atom is -0.417 e. The minimum absolute atomic E-state index is 0.0410. The summed E-state index contributed by atoms with van der Waals surface area (Å²) in [7, 11) is -3.88. The highest BCUT2D eigenvalue weighted by molar-refractivity contribution is 7.92. The molecule has 29 heavy (non-hydrogen) atoms. The zero-order valence-electron chi connectivity index (χ0n) is 14.6. The molecule has 0 unspecified atom stereocenters. The highest BCUT2D eigenvalue weighted by Gasteiger charge is 2.19. The minimum atomic E-state index is -3.88. The van der Waals surface area contributed by atoms with Crippen LogP contribution in [0.25, 0.3) is 5.69 Å². The molecular formula is C18H14FN3O6S. The van der Waals surface area contributed by atoms with Crippen LogP contribution in [0.4, 0.5) is 10.2 Å². The van der Waals surface area contributed by atoms with Crippen LogP contribution < -0.4 is 16.2 Å². The van der Waals surface area contributed by atoms with Crippen molar-refractivity contribution in [1.82, 2.24) is 9.55 Å². The summed E-state index contributed by atoms with van der Waals surface area (Å²) in [4.78, 5) is 24.0. The molecule has 0 bridgehead atoms. The van der Waals surface area contributed by atoms with Gasteiger partial charge in [0.1, 0.15) is 18.3 Å². The van der Waals surface area contributed by atoms with Gasteiger partial charge in [-0.3, -0.25) is 9.71 Å². The third-order valence-corrected chi connectivity index (χ3v) is 4.89. The van der Waals surface area contributed by atoms with Gasteiger partial charge in [-0.2, -0.15) is 0 Å². The van der Waals surface area contributed by atoms with Crippen LogP contribution in [0.3, 0.4) is 0 Å². The summed E-state index contributed by atoms with van der Waals surface area (Å²) in [5.41, 5.74) is 0.274. The van der Waals surface area contributed by atoms with Crippen LogP contribution in [0, 0.1) is 5.82 Å². The van der Waals surface area contributed by atoms with E-state index in [1.807, 2.05) is 0 Å². The number of nitrogens with one attached hydrogen (secondary N) is 2. The molecule has 0 spiro atoms. The lowest BCUT2D eigenvalue weighted by atomic mass is 10.3. The number of aromatic nitrogens is 2. The van der Waals surface area contributed by atoms with Crippen molar-refractivity contribution in [3.8, 4) is 5.69 Å². The lowest BCUT2D eigenvalue weighted by molar-refractivity contribution is 0.504. The molecular weight excluding hydrogens is 405 g/mol.